The summed E-state index contributed by atoms with van der Waals surface area (Å²) in [4.78, 5) is 0. The molecule has 0 saturated carbocycles. The third kappa shape index (κ3) is 17.7. The number of allylic oxidation sites excluding steroid dienone is 2. The number of hydrogen-bond donors (Lipinski definition) is 0. The van der Waals surface area contributed by atoms with Crippen molar-refractivity contribution in [1.29, 1.82) is 0 Å². The van der Waals surface area contributed by atoms with Gasteiger partial charge in [-0.1, -0.05) is 83.3 Å². The smallest absolute Gasteiger partial charge is 0.0825 e. The van der Waals surface area contributed by atoms with Crippen LogP contribution in [0.25, 0.3) is 0 Å². The molecule has 0 aromatic heterocycles. The molecule has 0 bridgehead atoms. The van der Waals surface area contributed by atoms with Crippen molar-refractivity contribution in [2.75, 3.05) is 6.61 Å². The highest BCUT2D eigenvalue weighted by Crippen LogP contribution is 2.12. The largest absolute Gasteiger partial charge is 0.237 e. The topological polar surface area (TPSA) is 19.9 Å². The van der Waals surface area contributed by atoms with Gasteiger partial charge in [0.25, 0.3) is 0 Å². The lowest BCUT2D eigenvalue weighted by molar-refractivity contribution is 0.190. The van der Waals surface area contributed by atoms with Gasteiger partial charge in [0.05, 0.1) is 6.61 Å². The molecule has 113 valence electrons. The molecule has 1 heteroatoms. The summed E-state index contributed by atoms with van der Waals surface area (Å²) in [6.45, 7) is 2.35. The van der Waals surface area contributed by atoms with Crippen molar-refractivity contribution in [1.82, 2.24) is 0 Å². The van der Waals surface area contributed by atoms with E-state index in [0.29, 0.717) is 0 Å². The summed E-state index contributed by atoms with van der Waals surface area (Å²) in [5, 5.41) is 10.2. The fraction of sp³-hybridized carbons (Fsp3) is 0.889. The van der Waals surface area contributed by atoms with E-state index in [2.05, 4.69) is 19.1 Å². The first-order valence-electron chi connectivity index (χ1n) is 8.65. The predicted molar refractivity (Wildman–Crippen MR) is 85.0 cm³/mol. The summed E-state index contributed by atoms with van der Waals surface area (Å²) in [6, 6.07) is 0. The standard InChI is InChI=1S/C18H35O/c1-2-3-4-5-6-7-8-9-10-11-12-13-14-15-16-17-18-19/h14-15H,2-13,16-18H2,1H3/b15-14+. The summed E-state index contributed by atoms with van der Waals surface area (Å²) in [5.41, 5.74) is 0. The van der Waals surface area contributed by atoms with E-state index in [9.17, 15) is 5.11 Å². The Bertz CT molecular complexity index is 175. The van der Waals surface area contributed by atoms with Crippen molar-refractivity contribution in [3.8, 4) is 0 Å². The maximum absolute atomic E-state index is 10.2. The zero-order chi connectivity index (χ0) is 14.0. The fourth-order valence-electron chi connectivity index (χ4n) is 2.36. The highest BCUT2D eigenvalue weighted by molar-refractivity contribution is 4.81. The van der Waals surface area contributed by atoms with Gasteiger partial charge >= 0.3 is 0 Å². The monoisotopic (exact) mass is 267 g/mol. The number of hydrogen-bond acceptors (Lipinski definition) is 0. The van der Waals surface area contributed by atoms with E-state index in [0.717, 1.165) is 12.8 Å². The van der Waals surface area contributed by atoms with Gasteiger partial charge in [-0.3, -0.25) is 0 Å². The predicted octanol–water partition coefficient (Wildman–Crippen LogP) is 6.45. The molecule has 0 unspecified atom stereocenters. The second-order valence-corrected chi connectivity index (χ2v) is 5.64. The molecule has 0 aliphatic heterocycles. The second-order valence-electron chi connectivity index (χ2n) is 5.64. The SMILES string of the molecule is CCCCCCCCCCCCC/C=C/CCC[O]. The Morgan fingerprint density at radius 1 is 0.579 bits per heavy atom. The maximum Gasteiger partial charge on any atom is 0.0825 e. The summed E-state index contributed by atoms with van der Waals surface area (Å²) in [5.74, 6) is 0. The van der Waals surface area contributed by atoms with Crippen LogP contribution in [-0.2, 0) is 5.11 Å². The van der Waals surface area contributed by atoms with Crippen LogP contribution in [0.2, 0.25) is 0 Å². The molecule has 0 aromatic rings. The van der Waals surface area contributed by atoms with E-state index < -0.39 is 0 Å². The van der Waals surface area contributed by atoms with Crippen molar-refractivity contribution in [2.24, 2.45) is 0 Å². The van der Waals surface area contributed by atoms with Gasteiger partial charge in [0.1, 0.15) is 0 Å². The summed E-state index contributed by atoms with van der Waals surface area (Å²) >= 11 is 0. The first-order valence-corrected chi connectivity index (χ1v) is 8.65. The average molecular weight is 267 g/mol. The van der Waals surface area contributed by atoms with Crippen LogP contribution in [0.3, 0.4) is 0 Å². The average Bonchev–Trinajstić information content (AvgIpc) is 2.43. The number of rotatable bonds is 15. The number of unbranched alkanes of at least 4 members (excludes halogenated alkanes) is 12. The Hall–Kier alpha value is -0.300. The van der Waals surface area contributed by atoms with Crippen LogP contribution in [0.5, 0.6) is 0 Å². The van der Waals surface area contributed by atoms with Crippen molar-refractivity contribution in [3.05, 3.63) is 12.2 Å². The first-order chi connectivity index (χ1) is 9.41. The van der Waals surface area contributed by atoms with Crippen molar-refractivity contribution in [3.63, 3.8) is 0 Å². The van der Waals surface area contributed by atoms with E-state index in [4.69, 9.17) is 0 Å². The van der Waals surface area contributed by atoms with E-state index in [1.165, 1.54) is 77.0 Å². The van der Waals surface area contributed by atoms with E-state index >= 15 is 0 Å². The minimum absolute atomic E-state index is 0.0722. The van der Waals surface area contributed by atoms with Crippen LogP contribution in [0.15, 0.2) is 12.2 Å². The van der Waals surface area contributed by atoms with Gasteiger partial charge in [-0.05, 0) is 25.7 Å². The molecule has 0 aliphatic rings. The lowest BCUT2D eigenvalue weighted by Gasteiger charge is -2.01. The van der Waals surface area contributed by atoms with Crippen LogP contribution in [-0.4, -0.2) is 6.61 Å². The van der Waals surface area contributed by atoms with Crippen LogP contribution < -0.4 is 0 Å². The highest BCUT2D eigenvalue weighted by atomic mass is 16.2. The van der Waals surface area contributed by atoms with Crippen molar-refractivity contribution < 1.29 is 5.11 Å². The fourth-order valence-corrected chi connectivity index (χ4v) is 2.36. The zero-order valence-corrected chi connectivity index (χ0v) is 13.2. The molecule has 0 heterocycles. The quantitative estimate of drug-likeness (QED) is 0.240. The highest BCUT2D eigenvalue weighted by Gasteiger charge is 1.92. The van der Waals surface area contributed by atoms with Crippen LogP contribution in [0.1, 0.15) is 96.8 Å². The molecule has 0 amide bonds. The van der Waals surface area contributed by atoms with Gasteiger partial charge in [0.15, 0.2) is 0 Å². The molecule has 0 N–H and O–H groups in total. The summed E-state index contributed by atoms with van der Waals surface area (Å²) in [6.07, 6.45) is 22.9. The first kappa shape index (κ1) is 18.7. The van der Waals surface area contributed by atoms with Crippen molar-refractivity contribution in [2.45, 2.75) is 96.8 Å². The molecule has 0 rings (SSSR count). The summed E-state index contributed by atoms with van der Waals surface area (Å²) < 4.78 is 0. The molecular formula is C18H35O. The minimum Gasteiger partial charge on any atom is -0.237 e. The maximum atomic E-state index is 10.2. The molecule has 0 atom stereocenters. The van der Waals surface area contributed by atoms with Gasteiger partial charge in [-0.25, -0.2) is 5.11 Å². The van der Waals surface area contributed by atoms with E-state index in [1.807, 2.05) is 0 Å². The zero-order valence-electron chi connectivity index (χ0n) is 13.2. The van der Waals surface area contributed by atoms with Gasteiger partial charge in [0.2, 0.25) is 0 Å². The molecule has 0 fully saturated rings. The van der Waals surface area contributed by atoms with Gasteiger partial charge in [-0.2, -0.15) is 0 Å². The molecule has 1 radical (unpaired) electrons. The molecule has 1 nitrogen and oxygen atoms in total. The Morgan fingerprint density at radius 2 is 1.00 bits per heavy atom. The Labute approximate surface area is 121 Å². The molecule has 0 saturated heterocycles. The van der Waals surface area contributed by atoms with Crippen LogP contribution >= 0.6 is 0 Å². The third-order valence-corrected chi connectivity index (χ3v) is 3.66. The van der Waals surface area contributed by atoms with Gasteiger partial charge in [-0.15, -0.1) is 0 Å². The molecule has 0 aliphatic carbocycles. The Balaban J connectivity index is 2.97. The third-order valence-electron chi connectivity index (χ3n) is 3.66. The lowest BCUT2D eigenvalue weighted by atomic mass is 10.1. The van der Waals surface area contributed by atoms with Gasteiger partial charge < -0.3 is 0 Å². The molecule has 19 heavy (non-hydrogen) atoms. The molecule has 0 spiro atoms. The van der Waals surface area contributed by atoms with Crippen LogP contribution in [0, 0.1) is 0 Å². The molecule has 0 aromatic carbocycles. The van der Waals surface area contributed by atoms with Crippen molar-refractivity contribution >= 4 is 0 Å². The Kier molecular flexibility index (Phi) is 17.4. The van der Waals surface area contributed by atoms with E-state index in [-0.39, 0.29) is 6.61 Å². The Morgan fingerprint density at radius 3 is 1.47 bits per heavy atom. The lowest BCUT2D eigenvalue weighted by Crippen LogP contribution is -1.82. The van der Waals surface area contributed by atoms with E-state index in [1.54, 1.807) is 0 Å². The second kappa shape index (κ2) is 17.7. The normalized spacial score (nSPS) is 11.5. The summed E-state index contributed by atoms with van der Waals surface area (Å²) in [7, 11) is 0. The van der Waals surface area contributed by atoms with Gasteiger partial charge in [0, 0.05) is 0 Å². The van der Waals surface area contributed by atoms with Crippen LogP contribution in [0.4, 0.5) is 0 Å². The molecular weight excluding hydrogens is 232 g/mol. The minimum atomic E-state index is 0.0722.